The van der Waals surface area contributed by atoms with Gasteiger partial charge in [0.25, 0.3) is 5.91 Å². The number of carbonyl (C=O) groups excluding carboxylic acids is 1. The van der Waals surface area contributed by atoms with Crippen LogP contribution in [0.5, 0.6) is 0 Å². The minimum Gasteiger partial charge on any atom is -0.396 e. The van der Waals surface area contributed by atoms with E-state index in [0.29, 0.717) is 31.7 Å². The summed E-state index contributed by atoms with van der Waals surface area (Å²) in [4.78, 5) is 19.2. The lowest BCUT2D eigenvalue weighted by atomic mass is 10.1. The number of nitrogens with zero attached hydrogens (tertiary/aromatic N) is 2. The molecule has 1 unspecified atom stereocenters. The molecule has 1 saturated heterocycles. The number of carbonyl (C=O) groups is 1. The lowest BCUT2D eigenvalue weighted by molar-refractivity contribution is -0.00835. The minimum atomic E-state index is -0.0720. The van der Waals surface area contributed by atoms with E-state index < -0.39 is 0 Å². The molecule has 0 radical (unpaired) electrons. The van der Waals surface area contributed by atoms with Crippen LogP contribution in [0, 0.1) is 6.92 Å². The van der Waals surface area contributed by atoms with Crippen molar-refractivity contribution in [3.8, 4) is 11.3 Å². The molecule has 2 aromatic rings. The fraction of sp³-hybridized carbons (Fsp3) is 0.412. The Morgan fingerprint density at radius 2 is 2.35 bits per heavy atom. The predicted molar refractivity (Wildman–Crippen MR) is 89.6 cm³/mol. The smallest absolute Gasteiger partial charge is 0.256 e. The number of amides is 1. The van der Waals surface area contributed by atoms with Crippen LogP contribution in [-0.4, -0.2) is 53.3 Å². The Hall–Kier alpha value is -1.76. The largest absolute Gasteiger partial charge is 0.396 e. The Morgan fingerprint density at radius 1 is 1.48 bits per heavy atom. The van der Waals surface area contributed by atoms with Crippen molar-refractivity contribution < 1.29 is 14.6 Å². The zero-order valence-electron chi connectivity index (χ0n) is 13.1. The zero-order valence-corrected chi connectivity index (χ0v) is 13.9. The summed E-state index contributed by atoms with van der Waals surface area (Å²) >= 11 is 1.63. The minimum absolute atomic E-state index is 0.0337. The Morgan fingerprint density at radius 3 is 3.04 bits per heavy atom. The molecule has 1 fully saturated rings. The van der Waals surface area contributed by atoms with Crippen LogP contribution in [0.4, 0.5) is 0 Å². The van der Waals surface area contributed by atoms with E-state index in [2.05, 4.69) is 4.98 Å². The van der Waals surface area contributed by atoms with Crippen LogP contribution < -0.4 is 0 Å². The van der Waals surface area contributed by atoms with Crippen molar-refractivity contribution in [2.45, 2.75) is 19.4 Å². The first kappa shape index (κ1) is 16.1. The highest BCUT2D eigenvalue weighted by Crippen LogP contribution is 2.23. The molecule has 2 aromatic heterocycles. The van der Waals surface area contributed by atoms with Crippen molar-refractivity contribution in [1.29, 1.82) is 0 Å². The van der Waals surface area contributed by atoms with Crippen LogP contribution in [0.1, 0.15) is 22.5 Å². The quantitative estimate of drug-likeness (QED) is 0.933. The monoisotopic (exact) mass is 332 g/mol. The van der Waals surface area contributed by atoms with Crippen LogP contribution >= 0.6 is 11.3 Å². The van der Waals surface area contributed by atoms with E-state index in [1.54, 1.807) is 16.2 Å². The van der Waals surface area contributed by atoms with Crippen molar-refractivity contribution in [3.63, 3.8) is 0 Å². The molecule has 3 rings (SSSR count). The van der Waals surface area contributed by atoms with Crippen molar-refractivity contribution in [2.24, 2.45) is 0 Å². The summed E-state index contributed by atoms with van der Waals surface area (Å²) in [5.74, 6) is -0.0337. The molecule has 0 aromatic carbocycles. The maximum Gasteiger partial charge on any atom is 0.256 e. The van der Waals surface area contributed by atoms with Crippen LogP contribution in [0.25, 0.3) is 11.3 Å². The molecule has 1 amide bonds. The van der Waals surface area contributed by atoms with Crippen molar-refractivity contribution >= 4 is 17.2 Å². The number of pyridine rings is 1. The lowest BCUT2D eigenvalue weighted by Crippen LogP contribution is -2.49. The standard InChI is InChI=1S/C17H20N2O3S/c1-12-15(2-3-16(18-12)13-5-9-23-11-13)17(21)19-6-8-22-10-14(19)4-7-20/h2-3,5,9,11,14,20H,4,6-8,10H2,1H3. The van der Waals surface area contributed by atoms with Crippen molar-refractivity contribution in [2.75, 3.05) is 26.4 Å². The number of aryl methyl sites for hydroxylation is 1. The molecule has 5 nitrogen and oxygen atoms in total. The number of rotatable bonds is 4. The maximum atomic E-state index is 12.9. The number of thiophene rings is 1. The molecule has 3 heterocycles. The third-order valence-electron chi connectivity index (χ3n) is 4.08. The van der Waals surface area contributed by atoms with E-state index in [9.17, 15) is 9.90 Å². The number of aliphatic hydroxyl groups excluding tert-OH is 1. The number of aromatic nitrogens is 1. The van der Waals surface area contributed by atoms with Gasteiger partial charge < -0.3 is 14.7 Å². The van der Waals surface area contributed by atoms with Gasteiger partial charge in [0.1, 0.15) is 0 Å². The lowest BCUT2D eigenvalue weighted by Gasteiger charge is -2.35. The second-order valence-electron chi connectivity index (χ2n) is 5.58. The first-order valence-corrected chi connectivity index (χ1v) is 8.65. The Labute approximate surface area is 139 Å². The second-order valence-corrected chi connectivity index (χ2v) is 6.36. The van der Waals surface area contributed by atoms with Crippen LogP contribution in [0.2, 0.25) is 0 Å². The van der Waals surface area contributed by atoms with Crippen molar-refractivity contribution in [1.82, 2.24) is 9.88 Å². The molecule has 1 aliphatic rings. The van der Waals surface area contributed by atoms with Gasteiger partial charge in [-0.05, 0) is 36.9 Å². The van der Waals surface area contributed by atoms with Gasteiger partial charge in [-0.15, -0.1) is 0 Å². The summed E-state index contributed by atoms with van der Waals surface area (Å²) in [6.07, 6.45) is 0.533. The molecule has 23 heavy (non-hydrogen) atoms. The third-order valence-corrected chi connectivity index (χ3v) is 4.77. The average molecular weight is 332 g/mol. The highest BCUT2D eigenvalue weighted by molar-refractivity contribution is 7.08. The molecule has 1 aliphatic heterocycles. The van der Waals surface area contributed by atoms with Gasteiger partial charge in [0, 0.05) is 24.1 Å². The first-order valence-electron chi connectivity index (χ1n) is 7.70. The van der Waals surface area contributed by atoms with Gasteiger partial charge in [-0.2, -0.15) is 11.3 Å². The number of ether oxygens (including phenoxy) is 1. The van der Waals surface area contributed by atoms with E-state index in [4.69, 9.17) is 4.74 Å². The number of aliphatic hydroxyl groups is 1. The van der Waals surface area contributed by atoms with Crippen LogP contribution in [-0.2, 0) is 4.74 Å². The van der Waals surface area contributed by atoms with E-state index >= 15 is 0 Å². The Balaban J connectivity index is 1.84. The zero-order chi connectivity index (χ0) is 16.2. The molecule has 0 spiro atoms. The summed E-state index contributed by atoms with van der Waals surface area (Å²) in [7, 11) is 0. The summed E-state index contributed by atoms with van der Waals surface area (Å²) in [6.45, 7) is 3.48. The fourth-order valence-electron chi connectivity index (χ4n) is 2.82. The molecule has 6 heteroatoms. The highest BCUT2D eigenvalue weighted by Gasteiger charge is 2.28. The summed E-state index contributed by atoms with van der Waals surface area (Å²) in [5.41, 5.74) is 3.30. The summed E-state index contributed by atoms with van der Waals surface area (Å²) in [6, 6.07) is 5.69. The van der Waals surface area contributed by atoms with Crippen LogP contribution in [0.15, 0.2) is 29.0 Å². The van der Waals surface area contributed by atoms with E-state index in [1.165, 1.54) is 0 Å². The topological polar surface area (TPSA) is 62.7 Å². The van der Waals surface area contributed by atoms with Gasteiger partial charge in [-0.25, -0.2) is 0 Å². The summed E-state index contributed by atoms with van der Waals surface area (Å²) < 4.78 is 5.43. The van der Waals surface area contributed by atoms with Gasteiger partial charge in [0.15, 0.2) is 0 Å². The molecule has 1 N–H and O–H groups in total. The van der Waals surface area contributed by atoms with Gasteiger partial charge in [-0.1, -0.05) is 0 Å². The highest BCUT2D eigenvalue weighted by atomic mass is 32.1. The second kappa shape index (κ2) is 7.21. The van der Waals surface area contributed by atoms with E-state index in [-0.39, 0.29) is 18.6 Å². The fourth-order valence-corrected chi connectivity index (χ4v) is 3.47. The first-order chi connectivity index (χ1) is 11.2. The SMILES string of the molecule is Cc1nc(-c2ccsc2)ccc1C(=O)N1CCOCC1CCO. The third kappa shape index (κ3) is 3.44. The van der Waals surface area contributed by atoms with E-state index in [1.807, 2.05) is 35.9 Å². The van der Waals surface area contributed by atoms with Crippen molar-refractivity contribution in [3.05, 3.63) is 40.2 Å². The van der Waals surface area contributed by atoms with Gasteiger partial charge in [0.2, 0.25) is 0 Å². The number of hydrogen-bond acceptors (Lipinski definition) is 5. The molecule has 0 aliphatic carbocycles. The predicted octanol–water partition coefficient (Wildman–Crippen LogP) is 2.34. The Kier molecular flexibility index (Phi) is 5.05. The summed E-state index contributed by atoms with van der Waals surface area (Å²) in [5, 5.41) is 13.2. The molecular weight excluding hydrogens is 312 g/mol. The number of hydrogen-bond donors (Lipinski definition) is 1. The van der Waals surface area contributed by atoms with Gasteiger partial charge in [0.05, 0.1) is 36.2 Å². The van der Waals surface area contributed by atoms with E-state index in [0.717, 1.165) is 17.0 Å². The van der Waals surface area contributed by atoms with Crippen LogP contribution in [0.3, 0.4) is 0 Å². The average Bonchev–Trinajstić information content (AvgIpc) is 3.09. The Bertz CT molecular complexity index is 670. The normalized spacial score (nSPS) is 18.2. The molecule has 1 atom stereocenters. The number of morpholine rings is 1. The van der Waals surface area contributed by atoms with Gasteiger partial charge in [-0.3, -0.25) is 9.78 Å². The maximum absolute atomic E-state index is 12.9. The molecule has 0 saturated carbocycles. The molecule has 0 bridgehead atoms. The molecule has 122 valence electrons. The molecular formula is C17H20N2O3S. The van der Waals surface area contributed by atoms with Gasteiger partial charge >= 0.3 is 0 Å².